The van der Waals surface area contributed by atoms with E-state index >= 15 is 0 Å². The third kappa shape index (κ3) is 3.23. The second-order valence-corrected chi connectivity index (χ2v) is 6.22. The minimum Gasteiger partial charge on any atom is -0.333 e. The van der Waals surface area contributed by atoms with Crippen molar-refractivity contribution >= 4 is 5.91 Å². The number of carbonyl (C=O) groups is 1. The SMILES string of the molecule is CC(N)C1CCCCN1C(=O)c1ccc(=O)n(-c2ccccc2)n1. The molecule has 126 valence electrons. The third-order valence-electron chi connectivity index (χ3n) is 4.44. The molecule has 3 rings (SSSR count). The van der Waals surface area contributed by atoms with E-state index in [1.54, 1.807) is 17.0 Å². The first kappa shape index (κ1) is 16.4. The molecule has 6 nitrogen and oxygen atoms in total. The van der Waals surface area contributed by atoms with Crippen LogP contribution >= 0.6 is 0 Å². The normalized spacial score (nSPS) is 19.1. The fourth-order valence-electron chi connectivity index (χ4n) is 3.18. The quantitative estimate of drug-likeness (QED) is 0.928. The lowest BCUT2D eigenvalue weighted by Gasteiger charge is -2.37. The molecule has 1 aliphatic heterocycles. The standard InChI is InChI=1S/C18H22N4O2/c1-13(19)16-9-5-6-12-21(16)18(24)15-10-11-17(23)22(20-15)14-7-3-2-4-8-14/h2-4,7-8,10-11,13,16H,5-6,9,12,19H2,1H3. The van der Waals surface area contributed by atoms with Crippen LogP contribution in [0.25, 0.3) is 5.69 Å². The van der Waals surface area contributed by atoms with Gasteiger partial charge in [-0.2, -0.15) is 9.78 Å². The third-order valence-corrected chi connectivity index (χ3v) is 4.44. The molecule has 0 saturated carbocycles. The van der Waals surface area contributed by atoms with Gasteiger partial charge in [-0.25, -0.2) is 0 Å². The van der Waals surface area contributed by atoms with Crippen LogP contribution in [0.3, 0.4) is 0 Å². The van der Waals surface area contributed by atoms with Crippen molar-refractivity contribution in [2.75, 3.05) is 6.54 Å². The highest BCUT2D eigenvalue weighted by atomic mass is 16.2. The first-order valence-electron chi connectivity index (χ1n) is 8.30. The molecule has 2 unspecified atom stereocenters. The van der Waals surface area contributed by atoms with Gasteiger partial charge in [0.25, 0.3) is 11.5 Å². The molecular formula is C18H22N4O2. The van der Waals surface area contributed by atoms with Crippen molar-refractivity contribution < 1.29 is 4.79 Å². The van der Waals surface area contributed by atoms with E-state index in [1.165, 1.54) is 16.8 Å². The molecule has 1 saturated heterocycles. The van der Waals surface area contributed by atoms with Gasteiger partial charge in [0.1, 0.15) is 5.69 Å². The molecule has 2 heterocycles. The Morgan fingerprint density at radius 1 is 1.21 bits per heavy atom. The molecular weight excluding hydrogens is 304 g/mol. The van der Waals surface area contributed by atoms with Crippen LogP contribution in [0.1, 0.15) is 36.7 Å². The average molecular weight is 326 g/mol. The highest BCUT2D eigenvalue weighted by Gasteiger charge is 2.30. The van der Waals surface area contributed by atoms with Crippen molar-refractivity contribution in [2.45, 2.75) is 38.3 Å². The van der Waals surface area contributed by atoms with Crippen LogP contribution in [-0.4, -0.2) is 39.2 Å². The summed E-state index contributed by atoms with van der Waals surface area (Å²) in [5.41, 5.74) is 6.69. The number of para-hydroxylation sites is 1. The lowest BCUT2D eigenvalue weighted by atomic mass is 9.96. The van der Waals surface area contributed by atoms with Crippen LogP contribution in [0, 0.1) is 0 Å². The molecule has 24 heavy (non-hydrogen) atoms. The predicted molar refractivity (Wildman–Crippen MR) is 92.2 cm³/mol. The number of hydrogen-bond acceptors (Lipinski definition) is 4. The number of nitrogens with two attached hydrogens (primary N) is 1. The number of benzene rings is 1. The van der Waals surface area contributed by atoms with E-state index in [2.05, 4.69) is 5.10 Å². The number of rotatable bonds is 3. The summed E-state index contributed by atoms with van der Waals surface area (Å²) in [6.45, 7) is 2.60. The topological polar surface area (TPSA) is 81.2 Å². The van der Waals surface area contributed by atoms with Gasteiger partial charge in [0.05, 0.1) is 5.69 Å². The van der Waals surface area contributed by atoms with E-state index < -0.39 is 0 Å². The number of likely N-dealkylation sites (tertiary alicyclic amines) is 1. The van der Waals surface area contributed by atoms with E-state index in [0.29, 0.717) is 12.2 Å². The second-order valence-electron chi connectivity index (χ2n) is 6.22. The molecule has 2 aromatic rings. The molecule has 1 aromatic heterocycles. The van der Waals surface area contributed by atoms with Crippen molar-refractivity contribution in [1.29, 1.82) is 0 Å². The number of aromatic nitrogens is 2. The van der Waals surface area contributed by atoms with E-state index in [9.17, 15) is 9.59 Å². The van der Waals surface area contributed by atoms with Crippen LogP contribution in [0.5, 0.6) is 0 Å². The van der Waals surface area contributed by atoms with Gasteiger partial charge in [-0.05, 0) is 44.4 Å². The minimum atomic E-state index is -0.264. The van der Waals surface area contributed by atoms with Crippen LogP contribution in [0.15, 0.2) is 47.3 Å². The molecule has 0 spiro atoms. The van der Waals surface area contributed by atoms with Crippen LogP contribution in [-0.2, 0) is 0 Å². The van der Waals surface area contributed by atoms with Crippen molar-refractivity contribution in [2.24, 2.45) is 5.73 Å². The molecule has 1 amide bonds. The Hall–Kier alpha value is -2.47. The molecule has 2 atom stereocenters. The monoisotopic (exact) mass is 326 g/mol. The second kappa shape index (κ2) is 6.97. The Kier molecular flexibility index (Phi) is 4.76. The zero-order valence-corrected chi connectivity index (χ0v) is 13.8. The maximum atomic E-state index is 12.9. The summed E-state index contributed by atoms with van der Waals surface area (Å²) >= 11 is 0. The van der Waals surface area contributed by atoms with Crippen molar-refractivity contribution in [3.63, 3.8) is 0 Å². The van der Waals surface area contributed by atoms with E-state index in [0.717, 1.165) is 19.3 Å². The summed E-state index contributed by atoms with van der Waals surface area (Å²) < 4.78 is 1.26. The maximum absolute atomic E-state index is 12.9. The summed E-state index contributed by atoms with van der Waals surface area (Å²) in [6.07, 6.45) is 2.95. The smallest absolute Gasteiger partial charge is 0.274 e. The first-order valence-corrected chi connectivity index (χ1v) is 8.30. The Labute approximate surface area is 140 Å². The zero-order chi connectivity index (χ0) is 17.1. The van der Waals surface area contributed by atoms with Crippen LogP contribution in [0.2, 0.25) is 0 Å². The number of piperidine rings is 1. The van der Waals surface area contributed by atoms with Gasteiger partial charge >= 0.3 is 0 Å². The van der Waals surface area contributed by atoms with Crippen LogP contribution in [0.4, 0.5) is 0 Å². The van der Waals surface area contributed by atoms with Gasteiger partial charge in [-0.3, -0.25) is 9.59 Å². The summed E-state index contributed by atoms with van der Waals surface area (Å²) in [7, 11) is 0. The lowest BCUT2D eigenvalue weighted by molar-refractivity contribution is 0.0575. The Balaban J connectivity index is 1.94. The Bertz CT molecular complexity index is 770. The zero-order valence-electron chi connectivity index (χ0n) is 13.8. The maximum Gasteiger partial charge on any atom is 0.274 e. The first-order chi connectivity index (χ1) is 11.6. The summed E-state index contributed by atoms with van der Waals surface area (Å²) in [6, 6.07) is 11.9. The molecule has 1 fully saturated rings. The number of nitrogens with zero attached hydrogens (tertiary/aromatic N) is 3. The van der Waals surface area contributed by atoms with Gasteiger partial charge in [-0.1, -0.05) is 18.2 Å². The summed E-state index contributed by atoms with van der Waals surface area (Å²) in [5, 5.41) is 4.28. The fraction of sp³-hybridized carbons (Fsp3) is 0.389. The van der Waals surface area contributed by atoms with Gasteiger partial charge in [0.2, 0.25) is 0 Å². The fourth-order valence-corrected chi connectivity index (χ4v) is 3.18. The molecule has 0 aliphatic carbocycles. The molecule has 0 bridgehead atoms. The van der Waals surface area contributed by atoms with Crippen molar-refractivity contribution in [3.8, 4) is 5.69 Å². The van der Waals surface area contributed by atoms with E-state index in [1.807, 2.05) is 25.1 Å². The number of hydrogen-bond donors (Lipinski definition) is 1. The largest absolute Gasteiger partial charge is 0.333 e. The van der Waals surface area contributed by atoms with Crippen LogP contribution < -0.4 is 11.3 Å². The van der Waals surface area contributed by atoms with Crippen molar-refractivity contribution in [1.82, 2.24) is 14.7 Å². The summed E-state index contributed by atoms with van der Waals surface area (Å²) in [4.78, 5) is 26.8. The van der Waals surface area contributed by atoms with Gasteiger partial charge in [0.15, 0.2) is 0 Å². The number of carbonyl (C=O) groups excluding carboxylic acids is 1. The summed E-state index contributed by atoms with van der Waals surface area (Å²) in [5.74, 6) is -0.165. The molecule has 2 N–H and O–H groups in total. The molecule has 1 aromatic carbocycles. The van der Waals surface area contributed by atoms with E-state index in [-0.39, 0.29) is 29.2 Å². The molecule has 6 heteroatoms. The van der Waals surface area contributed by atoms with Gasteiger partial charge < -0.3 is 10.6 Å². The highest BCUT2D eigenvalue weighted by Crippen LogP contribution is 2.20. The van der Waals surface area contributed by atoms with Crippen molar-refractivity contribution in [3.05, 3.63) is 58.5 Å². The van der Waals surface area contributed by atoms with E-state index in [4.69, 9.17) is 5.73 Å². The Morgan fingerprint density at radius 3 is 2.67 bits per heavy atom. The van der Waals surface area contributed by atoms with Gasteiger partial charge in [0, 0.05) is 24.7 Å². The molecule has 0 radical (unpaired) electrons. The average Bonchev–Trinajstić information content (AvgIpc) is 2.62. The highest BCUT2D eigenvalue weighted by molar-refractivity contribution is 5.92. The predicted octanol–water partition coefficient (Wildman–Crippen LogP) is 1.57. The molecule has 1 aliphatic rings. The Morgan fingerprint density at radius 2 is 1.96 bits per heavy atom. The lowest BCUT2D eigenvalue weighted by Crippen LogP contribution is -2.52. The number of amides is 1. The van der Waals surface area contributed by atoms with Gasteiger partial charge in [-0.15, -0.1) is 0 Å². The minimum absolute atomic E-state index is 0.0187.